The van der Waals surface area contributed by atoms with Gasteiger partial charge in [-0.05, 0) is 45.6 Å². The summed E-state index contributed by atoms with van der Waals surface area (Å²) >= 11 is 0. The van der Waals surface area contributed by atoms with E-state index in [2.05, 4.69) is 15.1 Å². The molecule has 2 aromatic rings. The first-order valence-corrected chi connectivity index (χ1v) is 9.79. The van der Waals surface area contributed by atoms with E-state index in [1.54, 1.807) is 23.4 Å². The van der Waals surface area contributed by atoms with E-state index >= 15 is 0 Å². The van der Waals surface area contributed by atoms with Crippen LogP contribution in [0.5, 0.6) is 0 Å². The van der Waals surface area contributed by atoms with Gasteiger partial charge in [-0.3, -0.25) is 14.6 Å². The van der Waals surface area contributed by atoms with Crippen LogP contribution in [0.15, 0.2) is 29.5 Å². The Labute approximate surface area is 169 Å². The standard InChI is InChI=1S/C20H27N5O4/c1-20(2,3)29-19(28)24-9-5-14(6-10-24)11-16(26)12-15-13-21-18(23-17(15)27)25-8-4-7-22-25/h4,7-8,13-14H,5-6,9-12H2,1-3H3,(H,21,23,27). The molecule has 0 unspecified atom stereocenters. The molecule has 3 heterocycles. The second-order valence-corrected chi connectivity index (χ2v) is 8.34. The Morgan fingerprint density at radius 2 is 2.00 bits per heavy atom. The number of aromatic nitrogens is 4. The predicted octanol–water partition coefficient (Wildman–Crippen LogP) is 2.10. The van der Waals surface area contributed by atoms with Crippen molar-refractivity contribution in [1.82, 2.24) is 24.6 Å². The number of carbonyl (C=O) groups excluding carboxylic acids is 2. The lowest BCUT2D eigenvalue weighted by Gasteiger charge is -2.33. The van der Waals surface area contributed by atoms with Gasteiger partial charge in [0.15, 0.2) is 0 Å². The molecule has 0 atom stereocenters. The molecule has 1 N–H and O–H groups in total. The number of hydrogen-bond donors (Lipinski definition) is 1. The monoisotopic (exact) mass is 401 g/mol. The number of aromatic amines is 1. The van der Waals surface area contributed by atoms with Crippen molar-refractivity contribution >= 4 is 11.9 Å². The highest BCUT2D eigenvalue weighted by Gasteiger charge is 2.27. The van der Waals surface area contributed by atoms with Crippen molar-refractivity contribution in [3.05, 3.63) is 40.6 Å². The molecule has 2 aromatic heterocycles. The van der Waals surface area contributed by atoms with Crippen molar-refractivity contribution in [2.24, 2.45) is 5.92 Å². The maximum Gasteiger partial charge on any atom is 0.410 e. The van der Waals surface area contributed by atoms with Crippen LogP contribution in [0, 0.1) is 5.92 Å². The van der Waals surface area contributed by atoms with Crippen LogP contribution < -0.4 is 5.56 Å². The van der Waals surface area contributed by atoms with E-state index in [9.17, 15) is 14.4 Å². The molecule has 1 amide bonds. The quantitative estimate of drug-likeness (QED) is 0.822. The number of Topliss-reactive ketones (excluding diaryl/α,β-unsaturated/α-hetero) is 1. The highest BCUT2D eigenvalue weighted by Crippen LogP contribution is 2.23. The van der Waals surface area contributed by atoms with Crippen LogP contribution in [0.1, 0.15) is 45.6 Å². The zero-order chi connectivity index (χ0) is 21.0. The predicted molar refractivity (Wildman–Crippen MR) is 106 cm³/mol. The molecule has 1 aliphatic rings. The minimum Gasteiger partial charge on any atom is -0.444 e. The lowest BCUT2D eigenvalue weighted by Crippen LogP contribution is -2.42. The van der Waals surface area contributed by atoms with Crippen molar-refractivity contribution < 1.29 is 14.3 Å². The molecular weight excluding hydrogens is 374 g/mol. The first kappa shape index (κ1) is 20.8. The number of H-pyrrole nitrogens is 1. The number of hydrogen-bond acceptors (Lipinski definition) is 6. The third-order valence-corrected chi connectivity index (χ3v) is 4.75. The highest BCUT2D eigenvalue weighted by atomic mass is 16.6. The number of ketones is 1. The molecule has 9 nitrogen and oxygen atoms in total. The number of nitrogens with zero attached hydrogens (tertiary/aromatic N) is 4. The number of piperidine rings is 1. The zero-order valence-corrected chi connectivity index (χ0v) is 17.1. The first-order chi connectivity index (χ1) is 13.7. The molecule has 3 rings (SSSR count). The Hall–Kier alpha value is -2.97. The molecule has 0 bridgehead atoms. The average Bonchev–Trinajstić information content (AvgIpc) is 3.17. The molecule has 1 saturated heterocycles. The van der Waals surface area contributed by atoms with Crippen molar-refractivity contribution in [1.29, 1.82) is 0 Å². The van der Waals surface area contributed by atoms with Gasteiger partial charge in [-0.1, -0.05) is 0 Å². The minimum absolute atomic E-state index is 0.000132. The average molecular weight is 401 g/mol. The molecule has 156 valence electrons. The largest absolute Gasteiger partial charge is 0.444 e. The second-order valence-electron chi connectivity index (χ2n) is 8.34. The molecule has 1 aliphatic heterocycles. The number of carbonyl (C=O) groups is 2. The molecule has 0 spiro atoms. The van der Waals surface area contributed by atoms with Crippen molar-refractivity contribution in [2.45, 2.75) is 52.1 Å². The Kier molecular flexibility index (Phi) is 6.14. The normalized spacial score (nSPS) is 15.3. The topological polar surface area (TPSA) is 110 Å². The van der Waals surface area contributed by atoms with Gasteiger partial charge in [0.2, 0.25) is 5.95 Å². The summed E-state index contributed by atoms with van der Waals surface area (Å²) < 4.78 is 6.84. The molecule has 0 saturated carbocycles. The number of ether oxygens (including phenoxy) is 1. The van der Waals surface area contributed by atoms with Gasteiger partial charge in [0.1, 0.15) is 11.4 Å². The van der Waals surface area contributed by atoms with Gasteiger partial charge in [0.25, 0.3) is 5.56 Å². The smallest absolute Gasteiger partial charge is 0.410 e. The fraction of sp³-hybridized carbons (Fsp3) is 0.550. The molecule has 1 fully saturated rings. The number of amides is 1. The summed E-state index contributed by atoms with van der Waals surface area (Å²) in [6.07, 6.45) is 6.32. The van der Waals surface area contributed by atoms with Gasteiger partial charge >= 0.3 is 6.09 Å². The van der Waals surface area contributed by atoms with E-state index in [1.165, 1.54) is 10.9 Å². The van der Waals surface area contributed by atoms with Crippen LogP contribution in [0.25, 0.3) is 5.95 Å². The van der Waals surface area contributed by atoms with Crippen LogP contribution >= 0.6 is 0 Å². The third kappa shape index (κ3) is 5.75. The summed E-state index contributed by atoms with van der Waals surface area (Å²) in [6.45, 7) is 6.68. The maximum atomic E-state index is 12.4. The van der Waals surface area contributed by atoms with Gasteiger partial charge in [-0.25, -0.2) is 14.5 Å². The lowest BCUT2D eigenvalue weighted by molar-refractivity contribution is -0.119. The zero-order valence-electron chi connectivity index (χ0n) is 17.1. The van der Waals surface area contributed by atoms with E-state index in [4.69, 9.17) is 4.74 Å². The molecule has 0 radical (unpaired) electrons. The fourth-order valence-corrected chi connectivity index (χ4v) is 3.30. The van der Waals surface area contributed by atoms with E-state index in [1.807, 2.05) is 20.8 Å². The van der Waals surface area contributed by atoms with Crippen molar-refractivity contribution in [2.75, 3.05) is 13.1 Å². The second kappa shape index (κ2) is 8.59. The van der Waals surface area contributed by atoms with E-state index in [0.29, 0.717) is 31.0 Å². The summed E-state index contributed by atoms with van der Waals surface area (Å²) in [5, 5.41) is 4.01. The summed E-state index contributed by atoms with van der Waals surface area (Å²) in [4.78, 5) is 45.3. The third-order valence-electron chi connectivity index (χ3n) is 4.75. The summed E-state index contributed by atoms with van der Waals surface area (Å²) in [6, 6.07) is 1.73. The number of likely N-dealkylation sites (tertiary alicyclic amines) is 1. The Morgan fingerprint density at radius 3 is 2.59 bits per heavy atom. The molecule has 29 heavy (non-hydrogen) atoms. The molecular formula is C20H27N5O4. The molecule has 9 heteroatoms. The van der Waals surface area contributed by atoms with Crippen molar-refractivity contribution in [3.63, 3.8) is 0 Å². The Balaban J connectivity index is 1.49. The minimum atomic E-state index is -0.516. The van der Waals surface area contributed by atoms with Crippen LogP contribution in [-0.2, 0) is 16.0 Å². The summed E-state index contributed by atoms with van der Waals surface area (Å²) in [5.41, 5.74) is -0.506. The van der Waals surface area contributed by atoms with Gasteiger partial charge < -0.3 is 9.64 Å². The summed E-state index contributed by atoms with van der Waals surface area (Å²) in [7, 11) is 0. The first-order valence-electron chi connectivity index (χ1n) is 9.79. The molecule has 0 aromatic carbocycles. The number of nitrogens with one attached hydrogen (secondary N) is 1. The maximum absolute atomic E-state index is 12.4. The summed E-state index contributed by atoms with van der Waals surface area (Å²) in [5.74, 6) is 0.516. The van der Waals surface area contributed by atoms with Crippen LogP contribution in [0.4, 0.5) is 4.79 Å². The van der Waals surface area contributed by atoms with Crippen molar-refractivity contribution in [3.8, 4) is 5.95 Å². The van der Waals surface area contributed by atoms with Crippen LogP contribution in [0.3, 0.4) is 0 Å². The van der Waals surface area contributed by atoms with Gasteiger partial charge in [0.05, 0.1) is 0 Å². The SMILES string of the molecule is CC(C)(C)OC(=O)N1CCC(CC(=O)Cc2cnc(-n3cccn3)[nH]c2=O)CC1. The molecule has 0 aliphatic carbocycles. The van der Waals surface area contributed by atoms with Gasteiger partial charge in [-0.2, -0.15) is 5.10 Å². The highest BCUT2D eigenvalue weighted by molar-refractivity contribution is 5.81. The van der Waals surface area contributed by atoms with E-state index in [-0.39, 0.29) is 29.8 Å². The Morgan fingerprint density at radius 1 is 1.28 bits per heavy atom. The van der Waals surface area contributed by atoms with Crippen LogP contribution in [0.2, 0.25) is 0 Å². The lowest BCUT2D eigenvalue weighted by atomic mass is 9.90. The number of rotatable bonds is 5. The van der Waals surface area contributed by atoms with E-state index < -0.39 is 5.60 Å². The van der Waals surface area contributed by atoms with E-state index in [0.717, 1.165) is 12.8 Å². The fourth-order valence-electron chi connectivity index (χ4n) is 3.30. The van der Waals surface area contributed by atoms with Gasteiger partial charge in [-0.15, -0.1) is 0 Å². The van der Waals surface area contributed by atoms with Gasteiger partial charge in [0, 0.05) is 50.1 Å². The van der Waals surface area contributed by atoms with Crippen LogP contribution in [-0.4, -0.2) is 55.2 Å². The Bertz CT molecular complexity index is 906.